The van der Waals surface area contributed by atoms with Crippen LogP contribution in [-0.4, -0.2) is 61.6 Å². The molecule has 174 valence electrons. The van der Waals surface area contributed by atoms with E-state index in [-0.39, 0.29) is 24.5 Å². The number of nitrogens with one attached hydrogen (secondary N) is 1. The van der Waals surface area contributed by atoms with E-state index in [1.807, 2.05) is 43.0 Å². The number of carbonyl (C=O) groups is 2. The van der Waals surface area contributed by atoms with Crippen molar-refractivity contribution in [1.82, 2.24) is 15.1 Å². The lowest BCUT2D eigenvalue weighted by Gasteiger charge is -2.37. The van der Waals surface area contributed by atoms with Crippen LogP contribution in [0.3, 0.4) is 0 Å². The standard InChI is InChI=1S/C24H33N3O4S/c1-4-11-25-24(29)26(12-5-2)16-23(28)27-13-9-22-20(10-14-32-22)21(27)17-31-19-8-6-7-18(15-19)30-3/h6-8,10,14-15,21H,4-5,9,11-13,16-17H2,1-3H3,(H,25,29)/t21-/m1/s1. The van der Waals surface area contributed by atoms with Crippen molar-refractivity contribution in [3.63, 3.8) is 0 Å². The van der Waals surface area contributed by atoms with Gasteiger partial charge in [-0.25, -0.2) is 4.79 Å². The Bertz CT molecular complexity index is 901. The lowest BCUT2D eigenvalue weighted by Crippen LogP contribution is -2.50. The highest BCUT2D eigenvalue weighted by molar-refractivity contribution is 7.10. The molecule has 0 spiro atoms. The Morgan fingerprint density at radius 1 is 1.22 bits per heavy atom. The van der Waals surface area contributed by atoms with Gasteiger partial charge in [-0.05, 0) is 48.4 Å². The molecular weight excluding hydrogens is 426 g/mol. The van der Waals surface area contributed by atoms with E-state index in [1.165, 1.54) is 4.88 Å². The summed E-state index contributed by atoms with van der Waals surface area (Å²) in [6.07, 6.45) is 2.48. The summed E-state index contributed by atoms with van der Waals surface area (Å²) in [5.74, 6) is 1.37. The predicted molar refractivity (Wildman–Crippen MR) is 127 cm³/mol. The molecule has 0 bridgehead atoms. The molecule has 1 aromatic carbocycles. The van der Waals surface area contributed by atoms with Gasteiger partial charge >= 0.3 is 6.03 Å². The Morgan fingerprint density at radius 2 is 2.03 bits per heavy atom. The maximum absolute atomic E-state index is 13.3. The van der Waals surface area contributed by atoms with Gasteiger partial charge < -0.3 is 24.6 Å². The Labute approximate surface area is 194 Å². The summed E-state index contributed by atoms with van der Waals surface area (Å²) < 4.78 is 11.4. The second-order valence-corrected chi connectivity index (χ2v) is 8.80. The highest BCUT2D eigenvalue weighted by atomic mass is 32.1. The monoisotopic (exact) mass is 459 g/mol. The minimum absolute atomic E-state index is 0.0545. The minimum Gasteiger partial charge on any atom is -0.497 e. The molecule has 1 aliphatic rings. The highest BCUT2D eigenvalue weighted by Crippen LogP contribution is 2.34. The van der Waals surface area contributed by atoms with Crippen LogP contribution in [0, 0.1) is 0 Å². The maximum Gasteiger partial charge on any atom is 0.317 e. The first-order chi connectivity index (χ1) is 15.6. The average molecular weight is 460 g/mol. The summed E-state index contributed by atoms with van der Waals surface area (Å²) in [6.45, 7) is 6.20. The van der Waals surface area contributed by atoms with E-state index < -0.39 is 0 Å². The number of hydrogen-bond donors (Lipinski definition) is 1. The minimum atomic E-state index is -0.189. The molecule has 0 fully saturated rings. The van der Waals surface area contributed by atoms with Crippen LogP contribution < -0.4 is 14.8 Å². The first kappa shape index (κ1) is 23.9. The third kappa shape index (κ3) is 5.94. The van der Waals surface area contributed by atoms with E-state index >= 15 is 0 Å². The quantitative estimate of drug-likeness (QED) is 0.581. The van der Waals surface area contributed by atoms with E-state index in [1.54, 1.807) is 23.3 Å². The summed E-state index contributed by atoms with van der Waals surface area (Å²) in [4.78, 5) is 30.6. The van der Waals surface area contributed by atoms with Crippen molar-refractivity contribution < 1.29 is 19.1 Å². The molecule has 8 heteroatoms. The molecular formula is C24H33N3O4S. The van der Waals surface area contributed by atoms with E-state index in [9.17, 15) is 9.59 Å². The molecule has 3 amide bonds. The zero-order valence-corrected chi connectivity index (χ0v) is 20.0. The summed E-state index contributed by atoms with van der Waals surface area (Å²) >= 11 is 1.72. The van der Waals surface area contributed by atoms with Gasteiger partial charge in [-0.2, -0.15) is 0 Å². The average Bonchev–Trinajstić information content (AvgIpc) is 3.29. The van der Waals surface area contributed by atoms with Crippen LogP contribution in [0.1, 0.15) is 43.2 Å². The lowest BCUT2D eigenvalue weighted by atomic mass is 10.0. The third-order valence-electron chi connectivity index (χ3n) is 5.50. The number of amides is 3. The van der Waals surface area contributed by atoms with Crippen molar-refractivity contribution in [2.75, 3.05) is 39.9 Å². The molecule has 2 heterocycles. The summed E-state index contributed by atoms with van der Waals surface area (Å²) in [5, 5.41) is 4.96. The third-order valence-corrected chi connectivity index (χ3v) is 6.49. The van der Waals surface area contributed by atoms with Crippen LogP contribution in [0.15, 0.2) is 35.7 Å². The molecule has 0 radical (unpaired) electrons. The van der Waals surface area contributed by atoms with Gasteiger partial charge in [0.25, 0.3) is 0 Å². The number of fused-ring (bicyclic) bond motifs is 1. The number of ether oxygens (including phenoxy) is 2. The largest absolute Gasteiger partial charge is 0.497 e. The number of benzene rings is 1. The van der Waals surface area contributed by atoms with Crippen LogP contribution in [0.25, 0.3) is 0 Å². The zero-order valence-electron chi connectivity index (χ0n) is 19.1. The molecule has 0 unspecified atom stereocenters. The lowest BCUT2D eigenvalue weighted by molar-refractivity contribution is -0.135. The fourth-order valence-corrected chi connectivity index (χ4v) is 4.79. The van der Waals surface area contributed by atoms with E-state index in [0.29, 0.717) is 32.0 Å². The topological polar surface area (TPSA) is 71.1 Å². The molecule has 1 aliphatic heterocycles. The Morgan fingerprint density at radius 3 is 2.78 bits per heavy atom. The molecule has 2 aromatic rings. The summed E-state index contributed by atoms with van der Waals surface area (Å²) in [6, 6.07) is 9.18. The van der Waals surface area contributed by atoms with Gasteiger partial charge in [0.1, 0.15) is 24.7 Å². The molecule has 1 atom stereocenters. The van der Waals surface area contributed by atoms with Gasteiger partial charge in [-0.15, -0.1) is 11.3 Å². The van der Waals surface area contributed by atoms with Crippen molar-refractivity contribution in [3.05, 3.63) is 46.2 Å². The van der Waals surface area contributed by atoms with Gasteiger partial charge in [-0.1, -0.05) is 19.9 Å². The SMILES string of the molecule is CCCNC(=O)N(CCC)CC(=O)N1CCc2sccc2[C@H]1COc1cccc(OC)c1. The molecule has 3 rings (SSSR count). The number of rotatable bonds is 10. The normalized spacial score (nSPS) is 15.1. The Hall–Kier alpha value is -2.74. The van der Waals surface area contributed by atoms with Crippen molar-refractivity contribution >= 4 is 23.3 Å². The van der Waals surface area contributed by atoms with E-state index in [0.717, 1.165) is 30.6 Å². The van der Waals surface area contributed by atoms with E-state index in [4.69, 9.17) is 9.47 Å². The highest BCUT2D eigenvalue weighted by Gasteiger charge is 2.33. The van der Waals surface area contributed by atoms with Crippen molar-refractivity contribution in [3.8, 4) is 11.5 Å². The predicted octanol–water partition coefficient (Wildman–Crippen LogP) is 4.09. The molecule has 0 saturated carbocycles. The van der Waals surface area contributed by atoms with Crippen LogP contribution in [-0.2, 0) is 11.2 Å². The van der Waals surface area contributed by atoms with Gasteiger partial charge in [0.05, 0.1) is 13.2 Å². The Kier molecular flexibility index (Phi) is 8.79. The molecule has 32 heavy (non-hydrogen) atoms. The molecule has 0 saturated heterocycles. The van der Waals surface area contributed by atoms with Gasteiger partial charge in [0.2, 0.25) is 5.91 Å². The van der Waals surface area contributed by atoms with Crippen molar-refractivity contribution in [2.45, 2.75) is 39.2 Å². The van der Waals surface area contributed by atoms with Gasteiger partial charge in [-0.3, -0.25) is 4.79 Å². The first-order valence-electron chi connectivity index (χ1n) is 11.2. The fraction of sp³-hybridized carbons (Fsp3) is 0.500. The fourth-order valence-electron chi connectivity index (χ4n) is 3.86. The van der Waals surface area contributed by atoms with Gasteiger partial charge in [0.15, 0.2) is 0 Å². The second kappa shape index (κ2) is 11.8. The number of nitrogens with zero attached hydrogens (tertiary/aromatic N) is 2. The van der Waals surface area contributed by atoms with Gasteiger partial charge in [0, 0.05) is 30.6 Å². The number of hydrogen-bond acceptors (Lipinski definition) is 5. The number of urea groups is 1. The molecule has 0 aliphatic carbocycles. The summed E-state index contributed by atoms with van der Waals surface area (Å²) in [5.41, 5.74) is 1.13. The summed E-state index contributed by atoms with van der Waals surface area (Å²) in [7, 11) is 1.62. The first-order valence-corrected chi connectivity index (χ1v) is 12.1. The van der Waals surface area contributed by atoms with Crippen LogP contribution >= 0.6 is 11.3 Å². The molecule has 1 N–H and O–H groups in total. The zero-order chi connectivity index (χ0) is 22.9. The van der Waals surface area contributed by atoms with Crippen molar-refractivity contribution in [2.24, 2.45) is 0 Å². The van der Waals surface area contributed by atoms with Crippen LogP contribution in [0.4, 0.5) is 4.79 Å². The molecule has 1 aromatic heterocycles. The maximum atomic E-state index is 13.3. The smallest absolute Gasteiger partial charge is 0.317 e. The van der Waals surface area contributed by atoms with E-state index in [2.05, 4.69) is 16.8 Å². The molecule has 7 nitrogen and oxygen atoms in total. The Balaban J connectivity index is 1.73. The second-order valence-electron chi connectivity index (χ2n) is 7.80. The van der Waals surface area contributed by atoms with Crippen LogP contribution in [0.2, 0.25) is 0 Å². The van der Waals surface area contributed by atoms with Crippen LogP contribution in [0.5, 0.6) is 11.5 Å². The van der Waals surface area contributed by atoms with Crippen molar-refractivity contribution in [1.29, 1.82) is 0 Å². The number of carbonyl (C=O) groups excluding carboxylic acids is 2. The number of thiophene rings is 1. The number of methoxy groups -OCH3 is 1.